The van der Waals surface area contributed by atoms with Gasteiger partial charge < -0.3 is 0 Å². The lowest BCUT2D eigenvalue weighted by Gasteiger charge is -2.21. The number of hydrogen-bond donors (Lipinski definition) is 0. The smallest absolute Gasteiger partial charge is 0.167 e. The van der Waals surface area contributed by atoms with E-state index in [1.807, 2.05) is 0 Å². The molecular weight excluding hydrogens is 472 g/mol. The van der Waals surface area contributed by atoms with Crippen molar-refractivity contribution in [1.82, 2.24) is 0 Å². The van der Waals surface area contributed by atoms with E-state index in [-0.39, 0.29) is 5.41 Å². The molecule has 4 aromatic carbocycles. The maximum Gasteiger partial charge on any atom is 0.219 e. The average molecular weight is 505 g/mol. The Labute approximate surface area is 230 Å². The molecule has 0 aliphatic heterocycles. The first-order chi connectivity index (χ1) is 18.9. The number of nitrogens with zero attached hydrogens (tertiary/aromatic N) is 2. The summed E-state index contributed by atoms with van der Waals surface area (Å²) in [6.07, 6.45) is 6.69. The van der Waals surface area contributed by atoms with Gasteiger partial charge in [0.25, 0.3) is 0 Å². The molecule has 39 heavy (non-hydrogen) atoms. The molecule has 0 N–H and O–H groups in total. The second-order valence-electron chi connectivity index (χ2n) is 11.4. The molecular formula is C37H32N2+2. The van der Waals surface area contributed by atoms with E-state index in [1.54, 1.807) is 0 Å². The Hall–Kier alpha value is -4.56. The summed E-state index contributed by atoms with van der Waals surface area (Å²) in [6.45, 7) is 9.00. The highest BCUT2D eigenvalue weighted by Gasteiger charge is 2.40. The number of aryl methyl sites for hydroxylation is 2. The fraction of sp³-hybridized carbons (Fsp3) is 0.135. The predicted octanol–water partition coefficient (Wildman–Crippen LogP) is 7.98. The summed E-state index contributed by atoms with van der Waals surface area (Å²) in [6, 6.07) is 37.8. The van der Waals surface area contributed by atoms with Crippen molar-refractivity contribution in [2.45, 2.75) is 33.1 Å². The fourth-order valence-corrected chi connectivity index (χ4v) is 6.10. The van der Waals surface area contributed by atoms with Crippen molar-refractivity contribution in [3.05, 3.63) is 144 Å². The van der Waals surface area contributed by atoms with Crippen molar-refractivity contribution in [1.29, 1.82) is 0 Å². The van der Waals surface area contributed by atoms with Crippen LogP contribution in [0, 0.1) is 13.8 Å². The number of para-hydroxylation sites is 1. The van der Waals surface area contributed by atoms with Crippen molar-refractivity contribution in [2.75, 3.05) is 0 Å². The monoisotopic (exact) mass is 504 g/mol. The standard InChI is InChI=1S/C37H32N2/c1-25-9-14-29(15-10-25)38-21-19-27(20-22-38)28-13-18-31-33(23-28)37(3,4)34-24-39(30-16-11-26(2)12-17-30)35-8-6-5-7-32(35)36(31)34/h5-24H,1-4H3/q+2. The zero-order valence-corrected chi connectivity index (χ0v) is 22.9. The Bertz CT molecular complexity index is 1860. The van der Waals surface area contributed by atoms with Crippen molar-refractivity contribution < 1.29 is 9.13 Å². The first-order valence-electron chi connectivity index (χ1n) is 13.7. The first-order valence-corrected chi connectivity index (χ1v) is 13.7. The molecule has 0 spiro atoms. The number of hydrogen-bond acceptors (Lipinski definition) is 0. The highest BCUT2D eigenvalue weighted by Crippen LogP contribution is 2.51. The summed E-state index contributed by atoms with van der Waals surface area (Å²) >= 11 is 0. The van der Waals surface area contributed by atoms with Gasteiger partial charge in [-0.2, -0.15) is 9.13 Å². The van der Waals surface area contributed by atoms with Gasteiger partial charge in [0.05, 0.1) is 5.39 Å². The maximum atomic E-state index is 2.41. The van der Waals surface area contributed by atoms with E-state index < -0.39 is 0 Å². The molecule has 0 amide bonds. The van der Waals surface area contributed by atoms with Crippen LogP contribution in [0.5, 0.6) is 0 Å². The molecule has 6 aromatic rings. The van der Waals surface area contributed by atoms with Crippen molar-refractivity contribution >= 4 is 10.9 Å². The molecule has 0 saturated carbocycles. The van der Waals surface area contributed by atoms with Gasteiger partial charge in [-0.1, -0.05) is 73.5 Å². The van der Waals surface area contributed by atoms with Crippen LogP contribution in [-0.4, -0.2) is 0 Å². The summed E-state index contributed by atoms with van der Waals surface area (Å²) in [7, 11) is 0. The first kappa shape index (κ1) is 23.5. The van der Waals surface area contributed by atoms with Gasteiger partial charge >= 0.3 is 0 Å². The molecule has 188 valence electrons. The van der Waals surface area contributed by atoms with Crippen LogP contribution in [0.4, 0.5) is 0 Å². The minimum absolute atomic E-state index is 0.117. The van der Waals surface area contributed by atoms with Gasteiger partial charge in [0.2, 0.25) is 16.9 Å². The van der Waals surface area contributed by atoms with Crippen LogP contribution in [-0.2, 0) is 5.41 Å². The van der Waals surface area contributed by atoms with E-state index in [9.17, 15) is 0 Å². The molecule has 0 unspecified atom stereocenters. The Morgan fingerprint density at radius 1 is 0.590 bits per heavy atom. The van der Waals surface area contributed by atoms with E-state index in [0.29, 0.717) is 0 Å². The molecule has 2 nitrogen and oxygen atoms in total. The number of benzene rings is 4. The lowest BCUT2D eigenvalue weighted by atomic mass is 9.82. The van der Waals surface area contributed by atoms with Crippen LogP contribution in [0.25, 0.3) is 44.5 Å². The third-order valence-corrected chi connectivity index (χ3v) is 8.40. The molecule has 2 heterocycles. The molecule has 0 bridgehead atoms. The van der Waals surface area contributed by atoms with E-state index in [1.165, 1.54) is 66.8 Å². The lowest BCUT2D eigenvalue weighted by molar-refractivity contribution is -0.595. The van der Waals surface area contributed by atoms with Crippen LogP contribution in [0.3, 0.4) is 0 Å². The summed E-state index contributed by atoms with van der Waals surface area (Å²) < 4.78 is 4.54. The van der Waals surface area contributed by atoms with Gasteiger partial charge in [0.1, 0.15) is 0 Å². The van der Waals surface area contributed by atoms with Gasteiger partial charge in [-0.05, 0) is 48.2 Å². The molecule has 0 saturated heterocycles. The zero-order chi connectivity index (χ0) is 26.7. The van der Waals surface area contributed by atoms with Gasteiger partial charge in [-0.15, -0.1) is 0 Å². The fourth-order valence-electron chi connectivity index (χ4n) is 6.10. The molecule has 2 aromatic heterocycles. The Morgan fingerprint density at radius 3 is 1.92 bits per heavy atom. The van der Waals surface area contributed by atoms with E-state index in [4.69, 9.17) is 0 Å². The SMILES string of the molecule is Cc1ccc(-[n+]2ccc(-c3ccc4c(c3)C(C)(C)c3c[n+](-c5ccc(C)cc5)c5ccccc5c3-4)cc2)cc1. The minimum atomic E-state index is -0.117. The van der Waals surface area contributed by atoms with E-state index >= 15 is 0 Å². The van der Waals surface area contributed by atoms with Crippen LogP contribution in [0.15, 0.2) is 122 Å². The molecule has 2 heteroatoms. The predicted molar refractivity (Wildman–Crippen MR) is 159 cm³/mol. The molecule has 7 rings (SSSR count). The minimum Gasteiger partial charge on any atom is -0.167 e. The second kappa shape index (κ2) is 8.74. The van der Waals surface area contributed by atoms with Crippen LogP contribution in [0.2, 0.25) is 0 Å². The maximum absolute atomic E-state index is 2.41. The third-order valence-electron chi connectivity index (χ3n) is 8.40. The van der Waals surface area contributed by atoms with Crippen molar-refractivity contribution in [3.8, 4) is 33.6 Å². The molecule has 0 radical (unpaired) electrons. The Morgan fingerprint density at radius 2 is 1.23 bits per heavy atom. The van der Waals surface area contributed by atoms with E-state index in [2.05, 4.69) is 159 Å². The van der Waals surface area contributed by atoms with Crippen LogP contribution < -0.4 is 9.13 Å². The summed E-state index contributed by atoms with van der Waals surface area (Å²) in [4.78, 5) is 0. The van der Waals surface area contributed by atoms with Crippen LogP contribution >= 0.6 is 0 Å². The van der Waals surface area contributed by atoms with Gasteiger partial charge in [-0.3, -0.25) is 0 Å². The number of pyridine rings is 2. The molecule has 0 atom stereocenters. The molecule has 1 aliphatic carbocycles. The lowest BCUT2D eigenvalue weighted by Crippen LogP contribution is -2.33. The largest absolute Gasteiger partial charge is 0.219 e. The van der Waals surface area contributed by atoms with Gasteiger partial charge in [0, 0.05) is 59.0 Å². The van der Waals surface area contributed by atoms with Gasteiger partial charge in [-0.25, -0.2) is 0 Å². The van der Waals surface area contributed by atoms with E-state index in [0.717, 1.165) is 0 Å². The Balaban J connectivity index is 1.35. The van der Waals surface area contributed by atoms with Crippen LogP contribution in [0.1, 0.15) is 36.1 Å². The van der Waals surface area contributed by atoms with Crippen molar-refractivity contribution in [3.63, 3.8) is 0 Å². The molecule has 1 aliphatic rings. The highest BCUT2D eigenvalue weighted by molar-refractivity contribution is 5.99. The molecule has 0 fully saturated rings. The number of fused-ring (bicyclic) bond motifs is 5. The summed E-state index contributed by atoms with van der Waals surface area (Å²) in [5, 5.41) is 1.30. The highest BCUT2D eigenvalue weighted by atomic mass is 15.0. The normalized spacial score (nSPS) is 13.3. The second-order valence-corrected chi connectivity index (χ2v) is 11.4. The summed E-state index contributed by atoms with van der Waals surface area (Å²) in [5.74, 6) is 0. The number of aromatic nitrogens is 2. The quantitative estimate of drug-likeness (QED) is 0.216. The third kappa shape index (κ3) is 3.79. The topological polar surface area (TPSA) is 7.76 Å². The zero-order valence-electron chi connectivity index (χ0n) is 22.9. The van der Waals surface area contributed by atoms with Crippen molar-refractivity contribution in [2.24, 2.45) is 0 Å². The average Bonchev–Trinajstić information content (AvgIpc) is 3.19. The number of rotatable bonds is 3. The Kier molecular flexibility index (Phi) is 5.28. The summed E-state index contributed by atoms with van der Waals surface area (Å²) in [5.41, 5.74) is 14.0. The van der Waals surface area contributed by atoms with Gasteiger partial charge in [0.15, 0.2) is 18.6 Å².